The summed E-state index contributed by atoms with van der Waals surface area (Å²) in [6, 6.07) is 14.8. The molecule has 0 saturated carbocycles. The largest absolute Gasteiger partial charge is 0.497 e. The molecule has 0 aliphatic carbocycles. The average Bonchev–Trinajstić information content (AvgIpc) is 2.66. The molecule has 0 fully saturated rings. The molecule has 1 heterocycles. The number of H-pyrrole nitrogens is 1. The Balaban J connectivity index is 1.54. The first-order valence-corrected chi connectivity index (χ1v) is 8.92. The van der Waals surface area contributed by atoms with Gasteiger partial charge in [-0.2, -0.15) is 0 Å². The van der Waals surface area contributed by atoms with Crippen molar-refractivity contribution < 1.29 is 9.53 Å². The molecule has 3 rings (SSSR count). The van der Waals surface area contributed by atoms with Gasteiger partial charge in [0.2, 0.25) is 5.91 Å². The Hall–Kier alpha value is -3.15. The minimum absolute atomic E-state index is 0.0264. The van der Waals surface area contributed by atoms with Crippen molar-refractivity contribution in [2.75, 3.05) is 7.11 Å². The van der Waals surface area contributed by atoms with Gasteiger partial charge < -0.3 is 15.0 Å². The van der Waals surface area contributed by atoms with E-state index in [4.69, 9.17) is 4.74 Å². The van der Waals surface area contributed by atoms with Gasteiger partial charge in [-0.05, 0) is 35.7 Å². The highest BCUT2D eigenvalue weighted by molar-refractivity contribution is 5.77. The van der Waals surface area contributed by atoms with Gasteiger partial charge in [0, 0.05) is 19.4 Å². The third-order valence-corrected chi connectivity index (χ3v) is 4.39. The molecule has 6 nitrogen and oxygen atoms in total. The second kappa shape index (κ2) is 8.49. The molecule has 1 atom stereocenters. The van der Waals surface area contributed by atoms with E-state index < -0.39 is 0 Å². The molecule has 140 valence electrons. The summed E-state index contributed by atoms with van der Waals surface area (Å²) < 4.78 is 5.12. The van der Waals surface area contributed by atoms with E-state index in [1.807, 2.05) is 49.4 Å². The van der Waals surface area contributed by atoms with Crippen LogP contribution in [-0.2, 0) is 17.8 Å². The molecule has 3 aromatic rings. The highest BCUT2D eigenvalue weighted by Crippen LogP contribution is 2.13. The number of amides is 1. The molecule has 1 aromatic heterocycles. The number of aromatic amines is 1. The van der Waals surface area contributed by atoms with Crippen molar-refractivity contribution in [1.82, 2.24) is 15.3 Å². The van der Waals surface area contributed by atoms with Gasteiger partial charge in [0.05, 0.1) is 18.0 Å². The van der Waals surface area contributed by atoms with Crippen LogP contribution < -0.4 is 15.6 Å². The zero-order valence-corrected chi connectivity index (χ0v) is 15.5. The van der Waals surface area contributed by atoms with Gasteiger partial charge >= 0.3 is 0 Å². The summed E-state index contributed by atoms with van der Waals surface area (Å²) in [5.74, 6) is 1.43. The van der Waals surface area contributed by atoms with Gasteiger partial charge in [0.25, 0.3) is 5.56 Å². The maximum atomic E-state index is 12.2. The summed E-state index contributed by atoms with van der Waals surface area (Å²) >= 11 is 0. The number of benzene rings is 2. The van der Waals surface area contributed by atoms with Crippen LogP contribution in [0.2, 0.25) is 0 Å². The Morgan fingerprint density at radius 2 is 1.93 bits per heavy atom. The third-order valence-electron chi connectivity index (χ3n) is 4.39. The molecular weight excluding hydrogens is 342 g/mol. The Labute approximate surface area is 157 Å². The van der Waals surface area contributed by atoms with Crippen molar-refractivity contribution in [2.45, 2.75) is 26.3 Å². The second-order valence-corrected chi connectivity index (χ2v) is 6.67. The summed E-state index contributed by atoms with van der Waals surface area (Å²) in [5.41, 5.74) is 1.54. The number of hydrogen-bond acceptors (Lipinski definition) is 4. The fourth-order valence-corrected chi connectivity index (χ4v) is 2.97. The molecule has 0 spiro atoms. The minimum Gasteiger partial charge on any atom is -0.497 e. The van der Waals surface area contributed by atoms with E-state index in [1.54, 1.807) is 13.2 Å². The first kappa shape index (κ1) is 18.6. The van der Waals surface area contributed by atoms with Crippen LogP contribution in [0.5, 0.6) is 5.75 Å². The Kier molecular flexibility index (Phi) is 5.86. The van der Waals surface area contributed by atoms with Crippen molar-refractivity contribution in [3.05, 3.63) is 70.3 Å². The van der Waals surface area contributed by atoms with Gasteiger partial charge in [-0.15, -0.1) is 0 Å². The van der Waals surface area contributed by atoms with E-state index >= 15 is 0 Å². The fourth-order valence-electron chi connectivity index (χ4n) is 2.97. The quantitative estimate of drug-likeness (QED) is 0.674. The standard InChI is InChI=1S/C21H23N3O3/c1-14(11-19-23-18-6-4-3-5-17(18)21(26)24-19)12-20(25)22-13-15-7-9-16(27-2)10-8-15/h3-10,14H,11-13H2,1-2H3,(H,22,25)(H,23,24,26). The number of ether oxygens (including phenoxy) is 1. The second-order valence-electron chi connectivity index (χ2n) is 6.67. The van der Waals surface area contributed by atoms with E-state index in [9.17, 15) is 9.59 Å². The van der Waals surface area contributed by atoms with Crippen LogP contribution in [0.4, 0.5) is 0 Å². The molecule has 27 heavy (non-hydrogen) atoms. The summed E-state index contributed by atoms with van der Waals surface area (Å²) in [6.07, 6.45) is 0.905. The van der Waals surface area contributed by atoms with E-state index in [0.29, 0.717) is 36.1 Å². The van der Waals surface area contributed by atoms with E-state index in [2.05, 4.69) is 15.3 Å². The number of fused-ring (bicyclic) bond motifs is 1. The van der Waals surface area contributed by atoms with Gasteiger partial charge in [0.15, 0.2) is 0 Å². The van der Waals surface area contributed by atoms with Crippen LogP contribution >= 0.6 is 0 Å². The predicted molar refractivity (Wildman–Crippen MR) is 105 cm³/mol. The lowest BCUT2D eigenvalue weighted by Crippen LogP contribution is -2.25. The van der Waals surface area contributed by atoms with E-state index in [1.165, 1.54) is 0 Å². The Morgan fingerprint density at radius 1 is 1.19 bits per heavy atom. The van der Waals surface area contributed by atoms with Gasteiger partial charge in [-0.3, -0.25) is 9.59 Å². The highest BCUT2D eigenvalue weighted by atomic mass is 16.5. The molecule has 6 heteroatoms. The van der Waals surface area contributed by atoms with Crippen molar-refractivity contribution in [1.29, 1.82) is 0 Å². The average molecular weight is 365 g/mol. The van der Waals surface area contributed by atoms with Gasteiger partial charge in [-0.1, -0.05) is 31.2 Å². The smallest absolute Gasteiger partial charge is 0.258 e. The normalized spacial score (nSPS) is 11.9. The van der Waals surface area contributed by atoms with Crippen LogP contribution in [0.15, 0.2) is 53.3 Å². The SMILES string of the molecule is COc1ccc(CNC(=O)CC(C)Cc2nc3ccccc3c(=O)[nH]2)cc1. The lowest BCUT2D eigenvalue weighted by molar-refractivity contribution is -0.122. The number of para-hydroxylation sites is 1. The summed E-state index contributed by atoms with van der Waals surface area (Å²) in [6.45, 7) is 2.45. The number of nitrogens with zero attached hydrogens (tertiary/aromatic N) is 1. The van der Waals surface area contributed by atoms with Crippen molar-refractivity contribution in [2.24, 2.45) is 5.92 Å². The van der Waals surface area contributed by atoms with Crippen LogP contribution in [0, 0.1) is 5.92 Å². The van der Waals surface area contributed by atoms with Crippen LogP contribution in [0.3, 0.4) is 0 Å². The molecule has 1 amide bonds. The lowest BCUT2D eigenvalue weighted by Gasteiger charge is -2.12. The molecule has 2 N–H and O–H groups in total. The fraction of sp³-hybridized carbons (Fsp3) is 0.286. The molecule has 0 bridgehead atoms. The number of nitrogens with one attached hydrogen (secondary N) is 2. The van der Waals surface area contributed by atoms with Crippen molar-refractivity contribution >= 4 is 16.8 Å². The molecule has 1 unspecified atom stereocenters. The zero-order chi connectivity index (χ0) is 19.2. The first-order valence-electron chi connectivity index (χ1n) is 8.92. The minimum atomic E-state index is -0.147. The number of carbonyl (C=O) groups is 1. The number of methoxy groups -OCH3 is 1. The van der Waals surface area contributed by atoms with Gasteiger partial charge in [-0.25, -0.2) is 4.98 Å². The lowest BCUT2D eigenvalue weighted by atomic mass is 10.0. The summed E-state index contributed by atoms with van der Waals surface area (Å²) in [4.78, 5) is 31.6. The van der Waals surface area contributed by atoms with Crippen molar-refractivity contribution in [3.8, 4) is 5.75 Å². The van der Waals surface area contributed by atoms with E-state index in [0.717, 1.165) is 11.3 Å². The maximum absolute atomic E-state index is 12.2. The first-order chi connectivity index (χ1) is 13.0. The van der Waals surface area contributed by atoms with Crippen LogP contribution in [-0.4, -0.2) is 23.0 Å². The highest BCUT2D eigenvalue weighted by Gasteiger charge is 2.12. The number of carbonyl (C=O) groups excluding carboxylic acids is 1. The predicted octanol–water partition coefficient (Wildman–Crippen LogP) is 2.82. The summed E-state index contributed by atoms with van der Waals surface area (Å²) in [7, 11) is 1.62. The Morgan fingerprint density at radius 3 is 2.67 bits per heavy atom. The molecule has 0 aliphatic heterocycles. The molecule has 0 aliphatic rings. The molecule has 0 saturated heterocycles. The summed E-state index contributed by atoms with van der Waals surface area (Å²) in [5, 5.41) is 3.50. The van der Waals surface area contributed by atoms with Crippen LogP contribution in [0.25, 0.3) is 10.9 Å². The monoisotopic (exact) mass is 365 g/mol. The van der Waals surface area contributed by atoms with Gasteiger partial charge in [0.1, 0.15) is 11.6 Å². The number of aromatic nitrogens is 2. The number of rotatable bonds is 7. The molecule has 2 aromatic carbocycles. The van der Waals surface area contributed by atoms with E-state index in [-0.39, 0.29) is 17.4 Å². The number of hydrogen-bond donors (Lipinski definition) is 2. The molecular formula is C21H23N3O3. The maximum Gasteiger partial charge on any atom is 0.258 e. The molecule has 0 radical (unpaired) electrons. The zero-order valence-electron chi connectivity index (χ0n) is 15.5. The Bertz CT molecular complexity index is 980. The van der Waals surface area contributed by atoms with Crippen molar-refractivity contribution in [3.63, 3.8) is 0 Å². The topological polar surface area (TPSA) is 84.1 Å². The third kappa shape index (κ3) is 4.94. The van der Waals surface area contributed by atoms with Crippen LogP contribution in [0.1, 0.15) is 24.7 Å².